The minimum absolute atomic E-state index is 0.355. The van der Waals surface area contributed by atoms with Gasteiger partial charge in [-0.3, -0.25) is 5.10 Å². The molecule has 0 bridgehead atoms. The standard InChI is InChI=1S/C17H25BN4O2/c1-16(2)17(3,4)24-18(23-16)12(10-20-5)8-11-6-7-13-14(9-11)21-22-15(13)19/h6-9,20H,10H2,1-5H3,(H3,19,21,22). The van der Waals surface area contributed by atoms with Gasteiger partial charge >= 0.3 is 7.12 Å². The third-order valence-electron chi connectivity index (χ3n) is 4.91. The van der Waals surface area contributed by atoms with Crippen LogP contribution in [0.25, 0.3) is 17.0 Å². The molecule has 1 saturated heterocycles. The second-order valence-corrected chi connectivity index (χ2v) is 7.25. The summed E-state index contributed by atoms with van der Waals surface area (Å²) in [5.41, 5.74) is 8.12. The Morgan fingerprint density at radius 3 is 2.58 bits per heavy atom. The number of nitrogen functional groups attached to an aromatic ring is 1. The smallest absolute Gasteiger partial charge is 0.400 e. The highest BCUT2D eigenvalue weighted by Crippen LogP contribution is 2.38. The first-order valence-corrected chi connectivity index (χ1v) is 8.18. The summed E-state index contributed by atoms with van der Waals surface area (Å²) in [7, 11) is 1.54. The topological polar surface area (TPSA) is 85.2 Å². The van der Waals surface area contributed by atoms with Crippen LogP contribution in [-0.4, -0.2) is 42.1 Å². The Morgan fingerprint density at radius 1 is 1.29 bits per heavy atom. The zero-order valence-electron chi connectivity index (χ0n) is 14.9. The highest BCUT2D eigenvalue weighted by atomic mass is 16.7. The van der Waals surface area contributed by atoms with E-state index in [0.717, 1.165) is 21.9 Å². The number of H-pyrrole nitrogens is 1. The molecule has 6 nitrogen and oxygen atoms in total. The molecule has 0 amide bonds. The molecule has 128 valence electrons. The SMILES string of the molecule is CNCC(=Cc1ccc2c(N)n[nH]c2c1)B1OC(C)(C)C(C)(C)O1. The predicted molar refractivity (Wildman–Crippen MR) is 98.5 cm³/mol. The molecule has 3 rings (SSSR count). The van der Waals surface area contributed by atoms with Gasteiger partial charge in [-0.1, -0.05) is 12.1 Å². The highest BCUT2D eigenvalue weighted by molar-refractivity contribution is 6.55. The highest BCUT2D eigenvalue weighted by Gasteiger charge is 2.52. The van der Waals surface area contributed by atoms with Crippen molar-refractivity contribution in [3.63, 3.8) is 0 Å². The molecule has 1 aromatic heterocycles. The predicted octanol–water partition coefficient (Wildman–Crippen LogP) is 2.38. The number of fused-ring (bicyclic) bond motifs is 1. The fraction of sp³-hybridized carbons (Fsp3) is 0.471. The number of benzene rings is 1. The maximum absolute atomic E-state index is 6.17. The van der Waals surface area contributed by atoms with E-state index in [9.17, 15) is 0 Å². The third-order valence-corrected chi connectivity index (χ3v) is 4.91. The van der Waals surface area contributed by atoms with Crippen LogP contribution in [0.4, 0.5) is 5.82 Å². The molecule has 4 N–H and O–H groups in total. The van der Waals surface area contributed by atoms with E-state index < -0.39 is 0 Å². The molecule has 2 heterocycles. The van der Waals surface area contributed by atoms with Crippen LogP contribution >= 0.6 is 0 Å². The van der Waals surface area contributed by atoms with E-state index in [1.807, 2.05) is 25.2 Å². The van der Waals surface area contributed by atoms with Crippen LogP contribution < -0.4 is 11.1 Å². The van der Waals surface area contributed by atoms with Crippen LogP contribution in [0.3, 0.4) is 0 Å². The largest absolute Gasteiger partial charge is 0.491 e. The van der Waals surface area contributed by atoms with Gasteiger partial charge in [-0.2, -0.15) is 5.10 Å². The molecule has 7 heteroatoms. The molecule has 1 aliphatic rings. The van der Waals surface area contributed by atoms with Crippen LogP contribution in [0.2, 0.25) is 0 Å². The van der Waals surface area contributed by atoms with Crippen molar-refractivity contribution in [3.8, 4) is 0 Å². The van der Waals surface area contributed by atoms with Crippen molar-refractivity contribution in [3.05, 3.63) is 29.2 Å². The fourth-order valence-corrected chi connectivity index (χ4v) is 2.76. The number of nitrogens with zero attached hydrogens (tertiary/aromatic N) is 1. The number of aromatic amines is 1. The average molecular weight is 328 g/mol. The van der Waals surface area contributed by atoms with E-state index in [-0.39, 0.29) is 18.3 Å². The van der Waals surface area contributed by atoms with Gasteiger partial charge in [-0.15, -0.1) is 0 Å². The molecule has 0 radical (unpaired) electrons. The molecule has 0 saturated carbocycles. The summed E-state index contributed by atoms with van der Waals surface area (Å²) >= 11 is 0. The van der Waals surface area contributed by atoms with Gasteiger partial charge in [0.05, 0.1) is 16.7 Å². The van der Waals surface area contributed by atoms with Crippen LogP contribution in [0.1, 0.15) is 33.3 Å². The van der Waals surface area contributed by atoms with Gasteiger partial charge < -0.3 is 20.4 Å². The van der Waals surface area contributed by atoms with Crippen molar-refractivity contribution in [1.82, 2.24) is 15.5 Å². The fourth-order valence-electron chi connectivity index (χ4n) is 2.76. The molecule has 0 unspecified atom stereocenters. The quantitative estimate of drug-likeness (QED) is 0.751. The number of rotatable bonds is 4. The summed E-state index contributed by atoms with van der Waals surface area (Å²) in [6.45, 7) is 8.92. The van der Waals surface area contributed by atoms with Crippen LogP contribution in [-0.2, 0) is 9.31 Å². The van der Waals surface area contributed by atoms with Crippen LogP contribution in [0.15, 0.2) is 23.7 Å². The number of anilines is 1. The van der Waals surface area contributed by atoms with Crippen molar-refractivity contribution >= 4 is 29.9 Å². The Labute approximate surface area is 142 Å². The lowest BCUT2D eigenvalue weighted by Gasteiger charge is -2.32. The number of hydrogen-bond acceptors (Lipinski definition) is 5. The van der Waals surface area contributed by atoms with E-state index in [4.69, 9.17) is 15.0 Å². The second kappa shape index (κ2) is 5.91. The van der Waals surface area contributed by atoms with E-state index >= 15 is 0 Å². The molecular formula is C17H25BN4O2. The van der Waals surface area contributed by atoms with Gasteiger partial charge in [0.2, 0.25) is 0 Å². The summed E-state index contributed by atoms with van der Waals surface area (Å²) in [6, 6.07) is 6.02. The monoisotopic (exact) mass is 328 g/mol. The number of nitrogens with one attached hydrogen (secondary N) is 2. The average Bonchev–Trinajstić information content (AvgIpc) is 2.96. The molecule has 0 spiro atoms. The Hall–Kier alpha value is -1.83. The summed E-state index contributed by atoms with van der Waals surface area (Å²) in [4.78, 5) is 0. The first-order chi connectivity index (χ1) is 11.2. The van der Waals surface area contributed by atoms with E-state index in [1.54, 1.807) is 0 Å². The Morgan fingerprint density at radius 2 is 1.96 bits per heavy atom. The minimum atomic E-state index is -0.370. The molecule has 2 aromatic rings. The molecule has 1 aromatic carbocycles. The van der Waals surface area contributed by atoms with Gasteiger partial charge in [0.15, 0.2) is 5.82 Å². The third kappa shape index (κ3) is 2.95. The van der Waals surface area contributed by atoms with E-state index in [0.29, 0.717) is 12.4 Å². The normalized spacial score (nSPS) is 20.0. The molecule has 1 fully saturated rings. The first kappa shape index (κ1) is 17.0. The van der Waals surface area contributed by atoms with Gasteiger partial charge in [0, 0.05) is 11.9 Å². The summed E-state index contributed by atoms with van der Waals surface area (Å²) in [5.74, 6) is 0.516. The molecular weight excluding hydrogens is 303 g/mol. The summed E-state index contributed by atoms with van der Waals surface area (Å²) in [5, 5.41) is 11.1. The van der Waals surface area contributed by atoms with Gasteiger partial charge in [0.25, 0.3) is 0 Å². The lowest BCUT2D eigenvalue weighted by atomic mass is 9.77. The maximum Gasteiger partial charge on any atom is 0.491 e. The van der Waals surface area contributed by atoms with Crippen molar-refractivity contribution in [1.29, 1.82) is 0 Å². The van der Waals surface area contributed by atoms with Gasteiger partial charge in [-0.25, -0.2) is 0 Å². The maximum atomic E-state index is 6.17. The van der Waals surface area contributed by atoms with Crippen molar-refractivity contribution in [2.24, 2.45) is 0 Å². The van der Waals surface area contributed by atoms with Crippen LogP contribution in [0, 0.1) is 0 Å². The van der Waals surface area contributed by atoms with Crippen LogP contribution in [0.5, 0.6) is 0 Å². The molecule has 0 aliphatic carbocycles. The summed E-state index contributed by atoms with van der Waals surface area (Å²) in [6.07, 6.45) is 2.09. The lowest BCUT2D eigenvalue weighted by molar-refractivity contribution is 0.00578. The summed E-state index contributed by atoms with van der Waals surface area (Å²) < 4.78 is 12.3. The lowest BCUT2D eigenvalue weighted by Crippen LogP contribution is -2.41. The zero-order valence-corrected chi connectivity index (χ0v) is 14.9. The number of nitrogens with two attached hydrogens (primary N) is 1. The molecule has 0 atom stereocenters. The van der Waals surface area contributed by atoms with Gasteiger partial charge in [0.1, 0.15) is 0 Å². The van der Waals surface area contributed by atoms with Crippen molar-refractivity contribution < 1.29 is 9.31 Å². The Bertz CT molecular complexity index is 766. The van der Waals surface area contributed by atoms with Crippen molar-refractivity contribution in [2.75, 3.05) is 19.3 Å². The van der Waals surface area contributed by atoms with E-state index in [1.165, 1.54) is 0 Å². The minimum Gasteiger partial charge on any atom is -0.400 e. The molecule has 1 aliphatic heterocycles. The zero-order chi connectivity index (χ0) is 17.5. The Kier molecular flexibility index (Phi) is 4.19. The number of aromatic nitrogens is 2. The Balaban J connectivity index is 1.93. The van der Waals surface area contributed by atoms with Gasteiger partial charge in [-0.05, 0) is 57.9 Å². The van der Waals surface area contributed by atoms with Crippen molar-refractivity contribution in [2.45, 2.75) is 38.9 Å². The molecule has 24 heavy (non-hydrogen) atoms. The first-order valence-electron chi connectivity index (χ1n) is 8.18. The number of hydrogen-bond donors (Lipinski definition) is 3. The van der Waals surface area contributed by atoms with E-state index in [2.05, 4.69) is 49.3 Å². The number of likely N-dealkylation sites (N-methyl/N-ethyl adjacent to an activating group) is 1. The second-order valence-electron chi connectivity index (χ2n) is 7.25.